The Hall–Kier alpha value is -1.17. The van der Waals surface area contributed by atoms with Crippen molar-refractivity contribution in [3.63, 3.8) is 0 Å². The highest BCUT2D eigenvalue weighted by atomic mass is 32.1. The van der Waals surface area contributed by atoms with Gasteiger partial charge in [0.1, 0.15) is 4.88 Å². The molecule has 3 aliphatic rings. The van der Waals surface area contributed by atoms with Gasteiger partial charge in [-0.25, -0.2) is 4.79 Å². The quantitative estimate of drug-likeness (QED) is 0.549. The molecule has 0 spiro atoms. The molecule has 0 unspecified atom stereocenters. The summed E-state index contributed by atoms with van der Waals surface area (Å²) in [6, 6.07) is 2.22. The predicted molar refractivity (Wildman–Crippen MR) is 133 cm³/mol. The molecule has 0 amide bonds. The summed E-state index contributed by atoms with van der Waals surface area (Å²) in [7, 11) is 0. The van der Waals surface area contributed by atoms with Gasteiger partial charge in [0.05, 0.1) is 0 Å². The molecule has 178 valence electrons. The van der Waals surface area contributed by atoms with Gasteiger partial charge in [0.2, 0.25) is 0 Å². The van der Waals surface area contributed by atoms with E-state index in [0.717, 1.165) is 63.6 Å². The van der Waals surface area contributed by atoms with Crippen LogP contribution in [0.3, 0.4) is 0 Å². The number of rotatable bonds is 5. The molecule has 0 aromatic carbocycles. The molecule has 1 aliphatic carbocycles. The second kappa shape index (κ2) is 9.99. The maximum atomic E-state index is 12.3. The fourth-order valence-corrected chi connectivity index (χ4v) is 6.83. The SMILES string of the molecule is CC1CCC(C2=C(c3cc(C(C)(C)C)sc3C(=O)O)CN(CC3CCOCC3)CC2)CC1. The monoisotopic (exact) mass is 459 g/mol. The number of carboxylic acids is 1. The minimum atomic E-state index is -0.772. The first-order chi connectivity index (χ1) is 15.2. The Morgan fingerprint density at radius 3 is 2.47 bits per heavy atom. The van der Waals surface area contributed by atoms with Gasteiger partial charge in [0.15, 0.2) is 0 Å². The van der Waals surface area contributed by atoms with Crippen LogP contribution in [0.2, 0.25) is 0 Å². The van der Waals surface area contributed by atoms with Gasteiger partial charge in [-0.2, -0.15) is 0 Å². The number of aromatic carboxylic acids is 1. The van der Waals surface area contributed by atoms with Crippen molar-refractivity contribution in [2.24, 2.45) is 17.8 Å². The molecule has 1 saturated carbocycles. The smallest absolute Gasteiger partial charge is 0.346 e. The molecule has 2 aliphatic heterocycles. The first kappa shape index (κ1) is 24.0. The highest BCUT2D eigenvalue weighted by molar-refractivity contribution is 7.14. The average Bonchev–Trinajstić information content (AvgIpc) is 3.22. The van der Waals surface area contributed by atoms with Crippen LogP contribution < -0.4 is 0 Å². The van der Waals surface area contributed by atoms with Crippen molar-refractivity contribution >= 4 is 22.9 Å². The third-order valence-electron chi connectivity index (χ3n) is 7.82. The minimum absolute atomic E-state index is 0.0371. The number of carbonyl (C=O) groups is 1. The molecule has 1 saturated heterocycles. The second-order valence-electron chi connectivity index (χ2n) is 11.4. The van der Waals surface area contributed by atoms with Crippen LogP contribution in [-0.4, -0.2) is 48.8 Å². The molecule has 5 heteroatoms. The van der Waals surface area contributed by atoms with Crippen LogP contribution in [0, 0.1) is 17.8 Å². The summed E-state index contributed by atoms with van der Waals surface area (Å²) in [5.41, 5.74) is 3.88. The Labute approximate surface area is 198 Å². The van der Waals surface area contributed by atoms with Crippen LogP contribution in [0.5, 0.6) is 0 Å². The van der Waals surface area contributed by atoms with Crippen LogP contribution >= 0.6 is 11.3 Å². The molecular formula is C27H41NO3S. The number of nitrogens with zero attached hydrogens (tertiary/aromatic N) is 1. The number of thiophene rings is 1. The molecule has 32 heavy (non-hydrogen) atoms. The summed E-state index contributed by atoms with van der Waals surface area (Å²) in [5.74, 6) is 1.39. The minimum Gasteiger partial charge on any atom is -0.477 e. The highest BCUT2D eigenvalue weighted by Gasteiger charge is 2.32. The number of ether oxygens (including phenoxy) is 1. The molecule has 0 atom stereocenters. The fraction of sp³-hybridized carbons (Fsp3) is 0.741. The molecule has 2 fully saturated rings. The number of hydrogen-bond acceptors (Lipinski definition) is 4. The van der Waals surface area contributed by atoms with E-state index >= 15 is 0 Å². The zero-order chi connectivity index (χ0) is 22.9. The van der Waals surface area contributed by atoms with Crippen molar-refractivity contribution in [3.05, 3.63) is 27.0 Å². The summed E-state index contributed by atoms with van der Waals surface area (Å²) in [6.45, 7) is 13.8. The standard InChI is InChI=1S/C27H41NO3S/c1-18-5-7-20(8-6-18)21-9-12-28(16-19-10-13-31-14-11-19)17-23(21)22-15-24(27(2,3)4)32-25(22)26(29)30/h15,18-20H,5-14,16-17H2,1-4H3,(H,29,30). The van der Waals surface area contributed by atoms with Crippen LogP contribution in [-0.2, 0) is 10.2 Å². The van der Waals surface area contributed by atoms with Gasteiger partial charge < -0.3 is 9.84 Å². The normalized spacial score (nSPS) is 26.5. The van der Waals surface area contributed by atoms with Crippen molar-refractivity contribution in [1.29, 1.82) is 0 Å². The van der Waals surface area contributed by atoms with Crippen LogP contribution in [0.15, 0.2) is 11.6 Å². The van der Waals surface area contributed by atoms with E-state index in [2.05, 4.69) is 38.7 Å². The highest BCUT2D eigenvalue weighted by Crippen LogP contribution is 2.43. The molecule has 4 rings (SSSR count). The number of carboxylic acid groups (broad SMARTS) is 1. The first-order valence-electron chi connectivity index (χ1n) is 12.6. The predicted octanol–water partition coefficient (Wildman–Crippen LogP) is 6.46. The largest absolute Gasteiger partial charge is 0.477 e. The average molecular weight is 460 g/mol. The van der Waals surface area contributed by atoms with Crippen molar-refractivity contribution < 1.29 is 14.6 Å². The lowest BCUT2D eigenvalue weighted by Gasteiger charge is -2.38. The maximum Gasteiger partial charge on any atom is 0.346 e. The lowest BCUT2D eigenvalue weighted by molar-refractivity contribution is 0.0537. The van der Waals surface area contributed by atoms with Crippen LogP contribution in [0.25, 0.3) is 5.57 Å². The van der Waals surface area contributed by atoms with E-state index in [-0.39, 0.29) is 5.41 Å². The maximum absolute atomic E-state index is 12.3. The van der Waals surface area contributed by atoms with Crippen LogP contribution in [0.4, 0.5) is 0 Å². The molecule has 3 heterocycles. The number of hydrogen-bond donors (Lipinski definition) is 1. The zero-order valence-corrected chi connectivity index (χ0v) is 21.2. The summed E-state index contributed by atoms with van der Waals surface area (Å²) < 4.78 is 5.57. The van der Waals surface area contributed by atoms with E-state index in [4.69, 9.17) is 4.74 Å². The Morgan fingerprint density at radius 1 is 1.16 bits per heavy atom. The molecule has 1 aromatic rings. The van der Waals surface area contributed by atoms with Crippen molar-refractivity contribution in [2.45, 2.75) is 78.1 Å². The molecular weight excluding hydrogens is 418 g/mol. The van der Waals surface area contributed by atoms with Gasteiger partial charge in [-0.3, -0.25) is 4.90 Å². The first-order valence-corrected chi connectivity index (χ1v) is 13.4. The Morgan fingerprint density at radius 2 is 1.84 bits per heavy atom. The van der Waals surface area contributed by atoms with Gasteiger partial charge in [0.25, 0.3) is 0 Å². The molecule has 0 bridgehead atoms. The van der Waals surface area contributed by atoms with Gasteiger partial charge in [-0.05, 0) is 66.9 Å². The third-order valence-corrected chi connectivity index (χ3v) is 9.37. The Balaban J connectivity index is 1.68. The van der Waals surface area contributed by atoms with E-state index < -0.39 is 5.97 Å². The van der Waals surface area contributed by atoms with Gasteiger partial charge >= 0.3 is 5.97 Å². The van der Waals surface area contributed by atoms with Gasteiger partial charge in [-0.1, -0.05) is 46.1 Å². The van der Waals surface area contributed by atoms with E-state index in [1.165, 1.54) is 47.5 Å². The van der Waals surface area contributed by atoms with Crippen molar-refractivity contribution in [3.8, 4) is 0 Å². The molecule has 4 nitrogen and oxygen atoms in total. The van der Waals surface area contributed by atoms with E-state index in [9.17, 15) is 9.90 Å². The topological polar surface area (TPSA) is 49.8 Å². The van der Waals surface area contributed by atoms with Crippen LogP contribution in [0.1, 0.15) is 92.8 Å². The summed E-state index contributed by atoms with van der Waals surface area (Å²) in [4.78, 5) is 16.6. The van der Waals surface area contributed by atoms with Gasteiger partial charge in [0, 0.05) is 43.3 Å². The fourth-order valence-electron chi connectivity index (χ4n) is 5.74. The van der Waals surface area contributed by atoms with Gasteiger partial charge in [-0.15, -0.1) is 11.3 Å². The Kier molecular flexibility index (Phi) is 7.48. The van der Waals surface area contributed by atoms with E-state index in [1.54, 1.807) is 5.57 Å². The van der Waals surface area contributed by atoms with Crippen molar-refractivity contribution in [2.75, 3.05) is 32.8 Å². The van der Waals surface area contributed by atoms with E-state index in [0.29, 0.717) is 16.7 Å². The lowest BCUT2D eigenvalue weighted by Crippen LogP contribution is -2.38. The summed E-state index contributed by atoms with van der Waals surface area (Å²) in [5, 5.41) is 10.1. The van der Waals surface area contributed by atoms with Crippen molar-refractivity contribution in [1.82, 2.24) is 4.90 Å². The summed E-state index contributed by atoms with van der Waals surface area (Å²) >= 11 is 1.49. The zero-order valence-electron chi connectivity index (χ0n) is 20.4. The lowest BCUT2D eigenvalue weighted by atomic mass is 9.75. The Bertz CT molecular complexity index is 836. The summed E-state index contributed by atoms with van der Waals surface area (Å²) in [6.07, 6.45) is 8.52. The second-order valence-corrected chi connectivity index (χ2v) is 12.5. The molecule has 1 aromatic heterocycles. The van der Waals surface area contributed by atoms with E-state index in [1.807, 2.05) is 0 Å². The third kappa shape index (κ3) is 5.48. The molecule has 0 radical (unpaired) electrons. The molecule has 1 N–H and O–H groups in total.